The average molecular weight is 441 g/mol. The lowest BCUT2D eigenvalue weighted by molar-refractivity contribution is -0.152. The van der Waals surface area contributed by atoms with E-state index in [1.807, 2.05) is 11.8 Å². The molecule has 0 N–H and O–H groups in total. The first kappa shape index (κ1) is 19.8. The molecule has 3 aliphatic rings. The van der Waals surface area contributed by atoms with Crippen LogP contribution in [-0.4, -0.2) is 58.6 Å². The van der Waals surface area contributed by atoms with E-state index < -0.39 is 12.2 Å². The molecule has 0 radical (unpaired) electrons. The molecule has 11 heteroatoms. The summed E-state index contributed by atoms with van der Waals surface area (Å²) in [6, 6.07) is -0.0876. The average Bonchev–Trinajstić information content (AvgIpc) is 3.42. The Morgan fingerprint density at radius 3 is 2.83 bits per heavy atom. The Morgan fingerprint density at radius 2 is 2.20 bits per heavy atom. The van der Waals surface area contributed by atoms with Crippen molar-refractivity contribution in [1.82, 2.24) is 14.5 Å². The van der Waals surface area contributed by atoms with Gasteiger partial charge in [0.25, 0.3) is 5.56 Å². The van der Waals surface area contributed by atoms with Gasteiger partial charge in [-0.1, -0.05) is 0 Å². The molecular formula is C19H22F3N5O2S. The molecule has 2 unspecified atom stereocenters. The van der Waals surface area contributed by atoms with Gasteiger partial charge in [-0.2, -0.15) is 18.2 Å². The van der Waals surface area contributed by atoms with E-state index in [4.69, 9.17) is 4.74 Å². The highest BCUT2D eigenvalue weighted by Gasteiger charge is 2.47. The van der Waals surface area contributed by atoms with Crippen molar-refractivity contribution in [2.75, 3.05) is 29.5 Å². The van der Waals surface area contributed by atoms with Crippen LogP contribution in [0.3, 0.4) is 0 Å². The highest BCUT2D eigenvalue weighted by Crippen LogP contribution is 2.36. The molecule has 5 rings (SSSR count). The summed E-state index contributed by atoms with van der Waals surface area (Å²) in [6.07, 6.45) is -3.18. The van der Waals surface area contributed by atoms with E-state index in [1.165, 1.54) is 26.9 Å². The van der Waals surface area contributed by atoms with Crippen molar-refractivity contribution in [3.05, 3.63) is 32.5 Å². The quantitative estimate of drug-likeness (QED) is 0.726. The second-order valence-electron chi connectivity index (χ2n) is 8.05. The Labute approximate surface area is 175 Å². The van der Waals surface area contributed by atoms with Gasteiger partial charge in [-0.05, 0) is 19.8 Å². The number of morpholine rings is 1. The number of hydrogen-bond donors (Lipinski definition) is 0. The Morgan fingerprint density at radius 1 is 1.37 bits per heavy atom. The molecule has 2 saturated heterocycles. The maximum atomic E-state index is 13.9. The van der Waals surface area contributed by atoms with Gasteiger partial charge in [-0.15, -0.1) is 11.3 Å². The van der Waals surface area contributed by atoms with E-state index in [0.717, 1.165) is 17.0 Å². The summed E-state index contributed by atoms with van der Waals surface area (Å²) < 4.78 is 48.6. The highest BCUT2D eigenvalue weighted by atomic mass is 32.1. The van der Waals surface area contributed by atoms with Gasteiger partial charge in [-0.25, -0.2) is 4.98 Å². The molecule has 3 aliphatic heterocycles. The predicted octanol–water partition coefficient (Wildman–Crippen LogP) is 2.37. The molecule has 0 amide bonds. The second kappa shape index (κ2) is 7.23. The smallest absolute Gasteiger partial charge is 0.374 e. The number of thiazole rings is 1. The second-order valence-corrected chi connectivity index (χ2v) is 8.99. The molecular weight excluding hydrogens is 419 g/mol. The van der Waals surface area contributed by atoms with Crippen LogP contribution >= 0.6 is 11.3 Å². The third kappa shape index (κ3) is 3.37. The van der Waals surface area contributed by atoms with E-state index in [2.05, 4.69) is 9.97 Å². The number of aryl methyl sites for hydroxylation is 1. The summed E-state index contributed by atoms with van der Waals surface area (Å²) in [4.78, 5) is 25.8. The molecule has 30 heavy (non-hydrogen) atoms. The molecule has 5 heterocycles. The van der Waals surface area contributed by atoms with Crippen LogP contribution in [0.25, 0.3) is 0 Å². The lowest BCUT2D eigenvalue weighted by Crippen LogP contribution is -2.53. The van der Waals surface area contributed by atoms with Crippen LogP contribution in [0.1, 0.15) is 23.4 Å². The number of ether oxygens (including phenoxy) is 1. The lowest BCUT2D eigenvalue weighted by atomic mass is 10.1. The Hall–Kier alpha value is -2.14. The third-order valence-electron chi connectivity index (χ3n) is 6.23. The van der Waals surface area contributed by atoms with Crippen molar-refractivity contribution < 1.29 is 17.9 Å². The zero-order valence-corrected chi connectivity index (χ0v) is 17.2. The van der Waals surface area contributed by atoms with Crippen molar-refractivity contribution in [3.63, 3.8) is 0 Å². The minimum absolute atomic E-state index is 0.0108. The monoisotopic (exact) mass is 441 g/mol. The molecule has 2 bridgehead atoms. The van der Waals surface area contributed by atoms with Crippen LogP contribution < -0.4 is 15.4 Å². The summed E-state index contributed by atoms with van der Waals surface area (Å²) in [7, 11) is 0. The topological polar surface area (TPSA) is 63.5 Å². The van der Waals surface area contributed by atoms with Crippen LogP contribution in [0, 0.1) is 6.92 Å². The summed E-state index contributed by atoms with van der Waals surface area (Å²) in [5.74, 6) is 0.556. The van der Waals surface area contributed by atoms with Gasteiger partial charge >= 0.3 is 6.18 Å². The van der Waals surface area contributed by atoms with Gasteiger partial charge in [0.05, 0.1) is 30.0 Å². The first-order chi connectivity index (χ1) is 14.3. The minimum atomic E-state index is -4.40. The lowest BCUT2D eigenvalue weighted by Gasteiger charge is -2.39. The minimum Gasteiger partial charge on any atom is -0.374 e. The molecule has 3 atom stereocenters. The molecule has 162 valence electrons. The first-order valence-electron chi connectivity index (χ1n) is 10.0. The molecule has 2 aromatic rings. The molecule has 0 aromatic carbocycles. The molecule has 0 aliphatic carbocycles. The first-order valence-corrected chi connectivity index (χ1v) is 10.9. The van der Waals surface area contributed by atoms with Crippen molar-refractivity contribution in [2.24, 2.45) is 0 Å². The molecule has 2 fully saturated rings. The van der Waals surface area contributed by atoms with Gasteiger partial charge in [0.15, 0.2) is 0 Å². The maximum Gasteiger partial charge on any atom is 0.408 e. The molecule has 0 saturated carbocycles. The largest absolute Gasteiger partial charge is 0.408 e. The standard InChI is InChI=1S/C19H22F3N5O2S/c1-11-14(30-10-23-11)2-4-25-15(19(20,21)22)3-5-26-17(28)7-16(24-18(25)26)27-8-13-6-12(27)9-29-13/h7,10,12-13,15H,2-6,8-9H2,1H3/t12?,13?,15-/m0/s1. The number of fused-ring (bicyclic) bond motifs is 3. The predicted molar refractivity (Wildman–Crippen MR) is 106 cm³/mol. The van der Waals surface area contributed by atoms with E-state index in [-0.39, 0.29) is 43.2 Å². The number of rotatable bonds is 4. The number of halogens is 3. The molecule has 2 aromatic heterocycles. The van der Waals surface area contributed by atoms with E-state index in [0.29, 0.717) is 25.4 Å². The van der Waals surface area contributed by atoms with E-state index in [9.17, 15) is 18.0 Å². The summed E-state index contributed by atoms with van der Waals surface area (Å²) in [5.41, 5.74) is 2.22. The zero-order valence-electron chi connectivity index (χ0n) is 16.4. The molecule has 0 spiro atoms. The van der Waals surface area contributed by atoms with E-state index >= 15 is 0 Å². The zero-order chi connectivity index (χ0) is 21.0. The van der Waals surface area contributed by atoms with E-state index in [1.54, 1.807) is 5.51 Å². The van der Waals surface area contributed by atoms with Crippen molar-refractivity contribution in [3.8, 4) is 0 Å². The highest BCUT2D eigenvalue weighted by molar-refractivity contribution is 7.09. The normalized spacial score (nSPS) is 25.8. The Bertz CT molecular complexity index is 1010. The number of aromatic nitrogens is 3. The fourth-order valence-electron chi connectivity index (χ4n) is 4.67. The summed E-state index contributed by atoms with van der Waals surface area (Å²) in [5, 5.41) is 0. The van der Waals surface area contributed by atoms with Crippen LogP contribution in [0.5, 0.6) is 0 Å². The fourth-order valence-corrected chi connectivity index (χ4v) is 5.44. The van der Waals surface area contributed by atoms with Gasteiger partial charge in [0.1, 0.15) is 11.9 Å². The van der Waals surface area contributed by atoms with Crippen molar-refractivity contribution >= 4 is 23.1 Å². The van der Waals surface area contributed by atoms with Crippen LogP contribution in [0.15, 0.2) is 16.4 Å². The van der Waals surface area contributed by atoms with Crippen LogP contribution in [0.2, 0.25) is 0 Å². The van der Waals surface area contributed by atoms with Crippen molar-refractivity contribution in [2.45, 2.75) is 57.1 Å². The third-order valence-corrected chi connectivity index (χ3v) is 7.23. The Balaban J connectivity index is 1.51. The number of alkyl halides is 3. The summed E-state index contributed by atoms with van der Waals surface area (Å²) >= 11 is 1.43. The van der Waals surface area contributed by atoms with Crippen LogP contribution in [-0.2, 0) is 17.7 Å². The number of hydrogen-bond acceptors (Lipinski definition) is 7. The van der Waals surface area contributed by atoms with Gasteiger partial charge in [0, 0.05) is 37.0 Å². The van der Waals surface area contributed by atoms with Crippen LogP contribution in [0.4, 0.5) is 24.9 Å². The van der Waals surface area contributed by atoms with Crippen molar-refractivity contribution in [1.29, 1.82) is 0 Å². The Kier molecular flexibility index (Phi) is 4.77. The molecule has 7 nitrogen and oxygen atoms in total. The number of anilines is 2. The fraction of sp³-hybridized carbons (Fsp3) is 0.632. The van der Waals surface area contributed by atoms with Gasteiger partial charge in [-0.3, -0.25) is 9.36 Å². The summed E-state index contributed by atoms with van der Waals surface area (Å²) in [6.45, 7) is 3.16. The van der Waals surface area contributed by atoms with Gasteiger partial charge < -0.3 is 14.5 Å². The number of nitrogens with zero attached hydrogens (tertiary/aromatic N) is 5. The van der Waals surface area contributed by atoms with Gasteiger partial charge in [0.2, 0.25) is 5.95 Å². The maximum absolute atomic E-state index is 13.9. The SMILES string of the molecule is Cc1ncsc1CCN1c2nc(N3CC4CC3CO4)cc(=O)n2CC[C@H]1C(F)(F)F.